The number of hydrogen-bond donors (Lipinski definition) is 1. The molecule has 0 bridgehead atoms. The molecule has 1 amide bonds. The fraction of sp³-hybridized carbons (Fsp3) is 0.208. The zero-order valence-electron chi connectivity index (χ0n) is 17.7. The first-order valence-electron chi connectivity index (χ1n) is 9.86. The molecule has 0 aliphatic rings. The number of carbonyl (C=O) groups is 2. The minimum Gasteiger partial charge on any atom is -0.483 e. The number of furan rings is 1. The molecule has 7 heteroatoms. The molecule has 0 radical (unpaired) electrons. The summed E-state index contributed by atoms with van der Waals surface area (Å²) in [4.78, 5) is 23.7. The third kappa shape index (κ3) is 5.82. The Kier molecular flexibility index (Phi) is 7.22. The highest BCUT2D eigenvalue weighted by Gasteiger charge is 2.09. The van der Waals surface area contributed by atoms with Crippen LogP contribution in [0.2, 0.25) is 0 Å². The van der Waals surface area contributed by atoms with Crippen LogP contribution in [0.3, 0.4) is 0 Å². The van der Waals surface area contributed by atoms with Crippen molar-refractivity contribution in [2.75, 3.05) is 13.2 Å². The van der Waals surface area contributed by atoms with E-state index in [0.29, 0.717) is 29.4 Å². The first kappa shape index (κ1) is 21.8. The highest BCUT2D eigenvalue weighted by Crippen LogP contribution is 2.22. The maximum atomic E-state index is 11.9. The summed E-state index contributed by atoms with van der Waals surface area (Å²) < 4.78 is 16.2. The maximum absolute atomic E-state index is 11.9. The summed E-state index contributed by atoms with van der Waals surface area (Å²) in [5, 5.41) is 3.90. The Morgan fingerprint density at radius 2 is 1.84 bits per heavy atom. The number of amides is 1. The van der Waals surface area contributed by atoms with Crippen molar-refractivity contribution < 1.29 is 23.5 Å². The SMILES string of the molecule is CCOC(=O)c1ccc(-c2ccc(/C=N/NC(=O)COc3cccc(C)c3C)o2)cc1. The quantitative estimate of drug-likeness (QED) is 0.334. The first-order chi connectivity index (χ1) is 15.0. The normalized spacial score (nSPS) is 10.8. The van der Waals surface area contributed by atoms with Gasteiger partial charge < -0.3 is 13.9 Å². The zero-order valence-corrected chi connectivity index (χ0v) is 17.7. The van der Waals surface area contributed by atoms with Gasteiger partial charge in [0, 0.05) is 5.56 Å². The van der Waals surface area contributed by atoms with Crippen LogP contribution in [-0.2, 0) is 9.53 Å². The Morgan fingerprint density at radius 3 is 2.58 bits per heavy atom. The van der Waals surface area contributed by atoms with E-state index in [1.807, 2.05) is 32.0 Å². The van der Waals surface area contributed by atoms with E-state index in [0.717, 1.165) is 16.7 Å². The van der Waals surface area contributed by atoms with Crippen molar-refractivity contribution in [3.8, 4) is 17.1 Å². The summed E-state index contributed by atoms with van der Waals surface area (Å²) in [5.41, 5.74) is 5.79. The van der Waals surface area contributed by atoms with Gasteiger partial charge in [-0.2, -0.15) is 5.10 Å². The van der Waals surface area contributed by atoms with Crippen molar-refractivity contribution >= 4 is 18.1 Å². The number of rotatable bonds is 8. The molecule has 0 saturated heterocycles. The molecule has 3 rings (SSSR count). The molecule has 7 nitrogen and oxygen atoms in total. The summed E-state index contributed by atoms with van der Waals surface area (Å²) in [7, 11) is 0. The number of hydrazone groups is 1. The number of esters is 1. The molecule has 31 heavy (non-hydrogen) atoms. The highest BCUT2D eigenvalue weighted by molar-refractivity contribution is 5.90. The summed E-state index contributed by atoms with van der Waals surface area (Å²) >= 11 is 0. The van der Waals surface area contributed by atoms with Gasteiger partial charge in [0.1, 0.15) is 17.3 Å². The summed E-state index contributed by atoms with van der Waals surface area (Å²) in [5.74, 6) is 1.02. The standard InChI is InChI=1S/C24H24N2O5/c1-4-29-24(28)19-10-8-18(9-11-19)22-13-12-20(31-22)14-25-26-23(27)15-30-21-7-5-6-16(2)17(21)3/h5-14H,4,15H2,1-3H3,(H,26,27)/b25-14+. The molecule has 0 aliphatic heterocycles. The van der Waals surface area contributed by atoms with E-state index in [9.17, 15) is 9.59 Å². The van der Waals surface area contributed by atoms with Crippen molar-refractivity contribution in [1.82, 2.24) is 5.43 Å². The van der Waals surface area contributed by atoms with Crippen LogP contribution >= 0.6 is 0 Å². The molecule has 1 aromatic heterocycles. The number of hydrogen-bond acceptors (Lipinski definition) is 6. The summed E-state index contributed by atoms with van der Waals surface area (Å²) in [6.07, 6.45) is 1.41. The van der Waals surface area contributed by atoms with Crippen LogP contribution < -0.4 is 10.2 Å². The van der Waals surface area contributed by atoms with Crippen molar-refractivity contribution in [2.45, 2.75) is 20.8 Å². The fourth-order valence-corrected chi connectivity index (χ4v) is 2.79. The molecular weight excluding hydrogens is 396 g/mol. The Labute approximate surface area is 180 Å². The largest absolute Gasteiger partial charge is 0.483 e. The second-order valence-corrected chi connectivity index (χ2v) is 6.78. The Morgan fingerprint density at radius 1 is 1.06 bits per heavy atom. The van der Waals surface area contributed by atoms with E-state index in [2.05, 4.69) is 10.5 Å². The van der Waals surface area contributed by atoms with Crippen molar-refractivity contribution in [2.24, 2.45) is 5.10 Å². The lowest BCUT2D eigenvalue weighted by Gasteiger charge is -2.09. The van der Waals surface area contributed by atoms with Crippen molar-refractivity contribution in [3.05, 3.63) is 77.0 Å². The van der Waals surface area contributed by atoms with E-state index in [1.54, 1.807) is 43.3 Å². The molecule has 0 fully saturated rings. The zero-order chi connectivity index (χ0) is 22.2. The molecule has 1 N–H and O–H groups in total. The average Bonchev–Trinajstić information content (AvgIpc) is 3.24. The van der Waals surface area contributed by atoms with E-state index in [-0.39, 0.29) is 18.5 Å². The highest BCUT2D eigenvalue weighted by atomic mass is 16.5. The number of carbonyl (C=O) groups excluding carboxylic acids is 2. The second kappa shape index (κ2) is 10.2. The van der Waals surface area contributed by atoms with Crippen LogP contribution in [0.25, 0.3) is 11.3 Å². The monoisotopic (exact) mass is 420 g/mol. The predicted octanol–water partition coefficient (Wildman–Crippen LogP) is 4.27. The third-order valence-electron chi connectivity index (χ3n) is 4.60. The third-order valence-corrected chi connectivity index (χ3v) is 4.60. The molecule has 0 spiro atoms. The molecule has 1 heterocycles. The van der Waals surface area contributed by atoms with Gasteiger partial charge >= 0.3 is 5.97 Å². The predicted molar refractivity (Wildman–Crippen MR) is 117 cm³/mol. The van der Waals surface area contributed by atoms with Crippen molar-refractivity contribution in [1.29, 1.82) is 0 Å². The van der Waals surface area contributed by atoms with Crippen LogP contribution in [-0.4, -0.2) is 31.3 Å². The molecular formula is C24H24N2O5. The minimum absolute atomic E-state index is 0.141. The molecule has 0 saturated carbocycles. The number of nitrogens with zero attached hydrogens (tertiary/aromatic N) is 1. The Bertz CT molecular complexity index is 1080. The fourth-order valence-electron chi connectivity index (χ4n) is 2.79. The first-order valence-corrected chi connectivity index (χ1v) is 9.86. The minimum atomic E-state index is -0.376. The van der Waals surface area contributed by atoms with E-state index >= 15 is 0 Å². The lowest BCUT2D eigenvalue weighted by molar-refractivity contribution is -0.123. The molecule has 2 aromatic carbocycles. The smallest absolute Gasteiger partial charge is 0.338 e. The van der Waals surface area contributed by atoms with Gasteiger partial charge in [0.15, 0.2) is 6.61 Å². The molecule has 0 unspecified atom stereocenters. The number of ether oxygens (including phenoxy) is 2. The van der Waals surface area contributed by atoms with Crippen LogP contribution in [0.15, 0.2) is 64.1 Å². The van der Waals surface area contributed by atoms with Gasteiger partial charge in [-0.05, 0) is 62.2 Å². The molecule has 3 aromatic rings. The topological polar surface area (TPSA) is 90.1 Å². The lowest BCUT2D eigenvalue weighted by Crippen LogP contribution is -2.24. The van der Waals surface area contributed by atoms with Gasteiger partial charge in [0.05, 0.1) is 18.4 Å². The van der Waals surface area contributed by atoms with Crippen LogP contribution in [0.4, 0.5) is 0 Å². The molecule has 0 atom stereocenters. The summed E-state index contributed by atoms with van der Waals surface area (Å²) in [6, 6.07) is 16.1. The van der Waals surface area contributed by atoms with Gasteiger partial charge in [-0.3, -0.25) is 4.79 Å². The Hall–Kier alpha value is -3.87. The van der Waals surface area contributed by atoms with E-state index in [1.165, 1.54) is 6.21 Å². The Balaban J connectivity index is 1.52. The number of aryl methyl sites for hydroxylation is 1. The summed E-state index contributed by atoms with van der Waals surface area (Å²) in [6.45, 7) is 5.88. The molecule has 160 valence electrons. The number of nitrogens with one attached hydrogen (secondary N) is 1. The van der Waals surface area contributed by atoms with Gasteiger partial charge in [-0.1, -0.05) is 24.3 Å². The van der Waals surface area contributed by atoms with Crippen molar-refractivity contribution in [3.63, 3.8) is 0 Å². The molecule has 0 aliphatic carbocycles. The lowest BCUT2D eigenvalue weighted by atomic mass is 10.1. The second-order valence-electron chi connectivity index (χ2n) is 6.78. The van der Waals surface area contributed by atoms with Gasteiger partial charge in [0.25, 0.3) is 5.91 Å². The van der Waals surface area contributed by atoms with Gasteiger partial charge in [-0.15, -0.1) is 0 Å². The number of benzene rings is 2. The van der Waals surface area contributed by atoms with Crippen LogP contribution in [0.1, 0.15) is 34.2 Å². The van der Waals surface area contributed by atoms with Gasteiger partial charge in [0.2, 0.25) is 0 Å². The van der Waals surface area contributed by atoms with E-state index < -0.39 is 0 Å². The van der Waals surface area contributed by atoms with E-state index in [4.69, 9.17) is 13.9 Å². The maximum Gasteiger partial charge on any atom is 0.338 e. The van der Waals surface area contributed by atoms with Gasteiger partial charge in [-0.25, -0.2) is 10.2 Å². The average molecular weight is 420 g/mol. The van der Waals surface area contributed by atoms with Crippen LogP contribution in [0, 0.1) is 13.8 Å². The van der Waals surface area contributed by atoms with Crippen LogP contribution in [0.5, 0.6) is 5.75 Å².